The zero-order valence-corrected chi connectivity index (χ0v) is 10.6. The SMILES string of the molecule is CN1CCN(C2CCN(CC(=O)O)CC2)CC1. The summed E-state index contributed by atoms with van der Waals surface area (Å²) < 4.78 is 0. The highest BCUT2D eigenvalue weighted by atomic mass is 16.4. The first-order valence-electron chi connectivity index (χ1n) is 6.52. The molecule has 0 aliphatic carbocycles. The smallest absolute Gasteiger partial charge is 0.317 e. The van der Waals surface area contributed by atoms with Gasteiger partial charge in [0.25, 0.3) is 0 Å². The molecule has 5 nitrogen and oxygen atoms in total. The molecule has 5 heteroatoms. The zero-order valence-electron chi connectivity index (χ0n) is 10.6. The van der Waals surface area contributed by atoms with Crippen molar-refractivity contribution < 1.29 is 9.90 Å². The molecular weight excluding hydrogens is 218 g/mol. The number of carboxylic acid groups (broad SMARTS) is 1. The Balaban J connectivity index is 1.73. The Morgan fingerprint density at radius 1 is 1.12 bits per heavy atom. The second kappa shape index (κ2) is 5.80. The topological polar surface area (TPSA) is 47.0 Å². The summed E-state index contributed by atoms with van der Waals surface area (Å²) >= 11 is 0. The maximum absolute atomic E-state index is 10.6. The van der Waals surface area contributed by atoms with Gasteiger partial charge in [0, 0.05) is 45.3 Å². The van der Waals surface area contributed by atoms with Gasteiger partial charge in [0.1, 0.15) is 0 Å². The van der Waals surface area contributed by atoms with Crippen LogP contribution in [0.3, 0.4) is 0 Å². The number of likely N-dealkylation sites (tertiary alicyclic amines) is 1. The number of hydrogen-bond donors (Lipinski definition) is 1. The number of nitrogens with zero attached hydrogens (tertiary/aromatic N) is 3. The minimum absolute atomic E-state index is 0.204. The Labute approximate surface area is 103 Å². The third-order valence-corrected chi connectivity index (χ3v) is 3.97. The van der Waals surface area contributed by atoms with Crippen LogP contribution in [0.5, 0.6) is 0 Å². The molecule has 0 aromatic rings. The maximum atomic E-state index is 10.6. The Kier molecular flexibility index (Phi) is 4.36. The molecule has 2 aliphatic rings. The van der Waals surface area contributed by atoms with Gasteiger partial charge in [-0.05, 0) is 19.9 Å². The van der Waals surface area contributed by atoms with Crippen LogP contribution in [-0.4, -0.2) is 84.7 Å². The molecular formula is C12H23N3O2. The molecule has 2 aliphatic heterocycles. The van der Waals surface area contributed by atoms with Gasteiger partial charge in [0.2, 0.25) is 0 Å². The number of hydrogen-bond acceptors (Lipinski definition) is 4. The molecule has 0 atom stereocenters. The summed E-state index contributed by atoms with van der Waals surface area (Å²) in [5.74, 6) is -0.706. The van der Waals surface area contributed by atoms with Crippen molar-refractivity contribution in [2.24, 2.45) is 0 Å². The van der Waals surface area contributed by atoms with Gasteiger partial charge < -0.3 is 10.0 Å². The van der Waals surface area contributed by atoms with E-state index in [9.17, 15) is 4.79 Å². The molecule has 2 saturated heterocycles. The highest BCUT2D eigenvalue weighted by molar-refractivity contribution is 5.69. The van der Waals surface area contributed by atoms with Crippen LogP contribution in [0.4, 0.5) is 0 Å². The number of rotatable bonds is 3. The van der Waals surface area contributed by atoms with Gasteiger partial charge in [-0.25, -0.2) is 0 Å². The van der Waals surface area contributed by atoms with Crippen LogP contribution in [-0.2, 0) is 4.79 Å². The molecule has 2 fully saturated rings. The van der Waals surface area contributed by atoms with Crippen molar-refractivity contribution >= 4 is 5.97 Å². The molecule has 2 rings (SSSR count). The second-order valence-electron chi connectivity index (χ2n) is 5.24. The van der Waals surface area contributed by atoms with E-state index in [0.717, 1.165) is 39.0 Å². The fraction of sp³-hybridized carbons (Fsp3) is 0.917. The van der Waals surface area contributed by atoms with Gasteiger partial charge in [-0.1, -0.05) is 0 Å². The lowest BCUT2D eigenvalue weighted by Crippen LogP contribution is -2.52. The minimum Gasteiger partial charge on any atom is -0.480 e. The Bertz CT molecular complexity index is 256. The molecule has 98 valence electrons. The quantitative estimate of drug-likeness (QED) is 0.740. The highest BCUT2D eigenvalue weighted by Crippen LogP contribution is 2.17. The van der Waals surface area contributed by atoms with E-state index in [0.29, 0.717) is 6.04 Å². The van der Waals surface area contributed by atoms with E-state index in [4.69, 9.17) is 5.11 Å². The minimum atomic E-state index is -0.706. The van der Waals surface area contributed by atoms with Crippen LogP contribution < -0.4 is 0 Å². The molecule has 0 spiro atoms. The number of piperazine rings is 1. The molecule has 0 bridgehead atoms. The van der Waals surface area contributed by atoms with Gasteiger partial charge in [-0.2, -0.15) is 0 Å². The predicted molar refractivity (Wildman–Crippen MR) is 66.2 cm³/mol. The van der Waals surface area contributed by atoms with Crippen molar-refractivity contribution in [2.75, 3.05) is 52.9 Å². The molecule has 2 heterocycles. The second-order valence-corrected chi connectivity index (χ2v) is 5.24. The van der Waals surface area contributed by atoms with Crippen LogP contribution in [0.2, 0.25) is 0 Å². The lowest BCUT2D eigenvalue weighted by Gasteiger charge is -2.41. The number of piperidine rings is 1. The van der Waals surface area contributed by atoms with Gasteiger partial charge in [0.15, 0.2) is 0 Å². The van der Waals surface area contributed by atoms with Crippen molar-refractivity contribution in [1.82, 2.24) is 14.7 Å². The number of carbonyl (C=O) groups is 1. The van der Waals surface area contributed by atoms with E-state index in [2.05, 4.69) is 21.7 Å². The van der Waals surface area contributed by atoms with E-state index in [1.54, 1.807) is 0 Å². The summed E-state index contributed by atoms with van der Waals surface area (Å²) in [5.41, 5.74) is 0. The summed E-state index contributed by atoms with van der Waals surface area (Å²) in [6.07, 6.45) is 2.24. The standard InChI is InChI=1S/C12H23N3O2/c1-13-6-8-15(9-7-13)11-2-4-14(5-3-11)10-12(16)17/h11H,2-10H2,1H3,(H,16,17). The fourth-order valence-corrected chi connectivity index (χ4v) is 2.82. The lowest BCUT2D eigenvalue weighted by atomic mass is 10.0. The highest BCUT2D eigenvalue weighted by Gasteiger charge is 2.26. The molecule has 0 aromatic carbocycles. The third kappa shape index (κ3) is 3.66. The van der Waals surface area contributed by atoms with E-state index >= 15 is 0 Å². The molecule has 17 heavy (non-hydrogen) atoms. The van der Waals surface area contributed by atoms with Crippen molar-refractivity contribution in [2.45, 2.75) is 18.9 Å². The Morgan fingerprint density at radius 2 is 1.71 bits per heavy atom. The first kappa shape index (κ1) is 12.8. The van der Waals surface area contributed by atoms with Gasteiger partial charge in [-0.3, -0.25) is 14.6 Å². The summed E-state index contributed by atoms with van der Waals surface area (Å²) in [4.78, 5) is 17.6. The molecule has 0 unspecified atom stereocenters. The largest absolute Gasteiger partial charge is 0.480 e. The monoisotopic (exact) mass is 241 g/mol. The van der Waals surface area contributed by atoms with Gasteiger partial charge in [-0.15, -0.1) is 0 Å². The van der Waals surface area contributed by atoms with Crippen LogP contribution in [0.25, 0.3) is 0 Å². The third-order valence-electron chi connectivity index (χ3n) is 3.97. The van der Waals surface area contributed by atoms with Crippen molar-refractivity contribution in [3.05, 3.63) is 0 Å². The Hall–Kier alpha value is -0.650. The lowest BCUT2D eigenvalue weighted by molar-refractivity contribution is -0.138. The van der Waals surface area contributed by atoms with Gasteiger partial charge >= 0.3 is 5.97 Å². The maximum Gasteiger partial charge on any atom is 0.317 e. The fourth-order valence-electron chi connectivity index (χ4n) is 2.82. The molecule has 0 aromatic heterocycles. The number of aliphatic carboxylic acids is 1. The molecule has 0 radical (unpaired) electrons. The number of likely N-dealkylation sites (N-methyl/N-ethyl adjacent to an activating group) is 1. The summed E-state index contributed by atoms with van der Waals surface area (Å²) in [7, 11) is 2.17. The summed E-state index contributed by atoms with van der Waals surface area (Å²) in [6, 6.07) is 0.675. The van der Waals surface area contributed by atoms with E-state index < -0.39 is 5.97 Å². The molecule has 1 N–H and O–H groups in total. The van der Waals surface area contributed by atoms with E-state index in [1.807, 2.05) is 0 Å². The average molecular weight is 241 g/mol. The first-order chi connectivity index (χ1) is 8.15. The van der Waals surface area contributed by atoms with Gasteiger partial charge in [0.05, 0.1) is 6.54 Å². The summed E-state index contributed by atoms with van der Waals surface area (Å²) in [6.45, 7) is 6.73. The zero-order chi connectivity index (χ0) is 12.3. The van der Waals surface area contributed by atoms with E-state index in [-0.39, 0.29) is 6.54 Å². The van der Waals surface area contributed by atoms with Crippen molar-refractivity contribution in [3.63, 3.8) is 0 Å². The van der Waals surface area contributed by atoms with Crippen LogP contribution in [0.15, 0.2) is 0 Å². The average Bonchev–Trinajstić information content (AvgIpc) is 2.30. The predicted octanol–water partition coefficient (Wildman–Crippen LogP) is -0.217. The van der Waals surface area contributed by atoms with Crippen LogP contribution in [0, 0.1) is 0 Å². The van der Waals surface area contributed by atoms with Crippen molar-refractivity contribution in [3.8, 4) is 0 Å². The van der Waals surface area contributed by atoms with Crippen LogP contribution >= 0.6 is 0 Å². The number of carboxylic acids is 1. The molecule has 0 saturated carbocycles. The Morgan fingerprint density at radius 3 is 2.24 bits per heavy atom. The van der Waals surface area contributed by atoms with Crippen molar-refractivity contribution in [1.29, 1.82) is 0 Å². The van der Waals surface area contributed by atoms with E-state index in [1.165, 1.54) is 13.1 Å². The normalized spacial score (nSPS) is 26.2. The first-order valence-corrected chi connectivity index (χ1v) is 6.52. The molecule has 0 amide bonds. The summed E-state index contributed by atoms with van der Waals surface area (Å²) in [5, 5.41) is 8.75. The van der Waals surface area contributed by atoms with Crippen LogP contribution in [0.1, 0.15) is 12.8 Å².